The Balaban J connectivity index is 1.97. The highest BCUT2D eigenvalue weighted by atomic mass is 19.4. The summed E-state index contributed by atoms with van der Waals surface area (Å²) in [6.45, 7) is 2.87. The zero-order chi connectivity index (χ0) is 17.7. The van der Waals surface area contributed by atoms with Crippen LogP contribution in [-0.4, -0.2) is 29.8 Å². The first-order chi connectivity index (χ1) is 11.3. The summed E-state index contributed by atoms with van der Waals surface area (Å²) in [5.74, 6) is -0.731. The summed E-state index contributed by atoms with van der Waals surface area (Å²) in [6, 6.07) is 4.94. The Labute approximate surface area is 139 Å². The Bertz CT molecular complexity index is 594. The molecule has 0 bridgehead atoms. The Morgan fingerprint density at radius 3 is 2.42 bits per heavy atom. The highest BCUT2D eigenvalue weighted by molar-refractivity contribution is 5.93. The van der Waals surface area contributed by atoms with Crippen LogP contribution in [0.25, 0.3) is 0 Å². The number of rotatable bonds is 4. The molecule has 4 nitrogen and oxygen atoms in total. The van der Waals surface area contributed by atoms with E-state index in [2.05, 4.69) is 5.32 Å². The minimum absolute atomic E-state index is 0.0683. The Morgan fingerprint density at radius 1 is 1.21 bits per heavy atom. The zero-order valence-electron chi connectivity index (χ0n) is 13.5. The molecule has 1 aromatic carbocycles. The maximum Gasteiger partial charge on any atom is 0.418 e. The first-order valence-corrected chi connectivity index (χ1v) is 8.07. The molecule has 1 saturated heterocycles. The fourth-order valence-corrected chi connectivity index (χ4v) is 2.84. The molecule has 0 aromatic heterocycles. The van der Waals surface area contributed by atoms with Gasteiger partial charge < -0.3 is 10.2 Å². The van der Waals surface area contributed by atoms with Crippen LogP contribution >= 0.6 is 0 Å². The number of anilines is 1. The van der Waals surface area contributed by atoms with E-state index < -0.39 is 17.6 Å². The predicted molar refractivity (Wildman–Crippen MR) is 84.3 cm³/mol. The van der Waals surface area contributed by atoms with E-state index in [1.807, 2.05) is 6.92 Å². The van der Waals surface area contributed by atoms with Gasteiger partial charge in [0, 0.05) is 25.4 Å². The van der Waals surface area contributed by atoms with Crippen LogP contribution < -0.4 is 5.32 Å². The largest absolute Gasteiger partial charge is 0.418 e. The second kappa shape index (κ2) is 7.68. The molecule has 0 saturated carbocycles. The van der Waals surface area contributed by atoms with E-state index in [0.717, 1.165) is 12.5 Å². The maximum absolute atomic E-state index is 13.0. The molecule has 2 rings (SSSR count). The summed E-state index contributed by atoms with van der Waals surface area (Å²) >= 11 is 0. The molecule has 2 amide bonds. The van der Waals surface area contributed by atoms with Gasteiger partial charge in [-0.15, -0.1) is 0 Å². The van der Waals surface area contributed by atoms with Gasteiger partial charge in [-0.3, -0.25) is 9.59 Å². The lowest BCUT2D eigenvalue weighted by Gasteiger charge is -2.31. The van der Waals surface area contributed by atoms with Gasteiger partial charge in [0.15, 0.2) is 0 Å². The number of hydrogen-bond donors (Lipinski definition) is 1. The number of para-hydroxylation sites is 1. The van der Waals surface area contributed by atoms with E-state index >= 15 is 0 Å². The molecule has 1 heterocycles. The summed E-state index contributed by atoms with van der Waals surface area (Å²) in [5.41, 5.74) is -1.08. The van der Waals surface area contributed by atoms with Crippen LogP contribution in [0.4, 0.5) is 18.9 Å². The molecule has 0 spiro atoms. The van der Waals surface area contributed by atoms with Crippen molar-refractivity contribution in [2.45, 2.75) is 38.8 Å². The van der Waals surface area contributed by atoms with Gasteiger partial charge in [-0.1, -0.05) is 19.1 Å². The highest BCUT2D eigenvalue weighted by Gasteiger charge is 2.34. The van der Waals surface area contributed by atoms with Crippen LogP contribution in [0.15, 0.2) is 24.3 Å². The van der Waals surface area contributed by atoms with E-state index in [4.69, 9.17) is 0 Å². The second-order valence-corrected chi connectivity index (χ2v) is 5.94. The van der Waals surface area contributed by atoms with Gasteiger partial charge >= 0.3 is 6.18 Å². The van der Waals surface area contributed by atoms with Crippen molar-refractivity contribution in [2.24, 2.45) is 5.92 Å². The zero-order valence-corrected chi connectivity index (χ0v) is 13.5. The first-order valence-electron chi connectivity index (χ1n) is 8.07. The van der Waals surface area contributed by atoms with Crippen LogP contribution in [-0.2, 0) is 15.8 Å². The van der Waals surface area contributed by atoms with E-state index in [9.17, 15) is 22.8 Å². The van der Waals surface area contributed by atoms with Crippen molar-refractivity contribution in [3.05, 3.63) is 29.8 Å². The Morgan fingerprint density at radius 2 is 1.83 bits per heavy atom. The third-order valence-corrected chi connectivity index (χ3v) is 4.17. The monoisotopic (exact) mass is 342 g/mol. The van der Waals surface area contributed by atoms with Crippen molar-refractivity contribution in [1.82, 2.24) is 4.90 Å². The number of alkyl halides is 3. The van der Waals surface area contributed by atoms with Gasteiger partial charge in [-0.05, 0) is 31.4 Å². The average molecular weight is 342 g/mol. The van der Waals surface area contributed by atoms with E-state index in [0.29, 0.717) is 32.4 Å². The molecule has 1 aromatic rings. The average Bonchev–Trinajstić information content (AvgIpc) is 2.54. The number of nitrogens with one attached hydrogen (secondary N) is 1. The highest BCUT2D eigenvalue weighted by Crippen LogP contribution is 2.35. The molecule has 0 atom stereocenters. The molecule has 1 aliphatic heterocycles. The maximum atomic E-state index is 13.0. The Kier molecular flexibility index (Phi) is 5.85. The number of amides is 2. The summed E-state index contributed by atoms with van der Waals surface area (Å²) < 4.78 is 38.9. The molecule has 24 heavy (non-hydrogen) atoms. The summed E-state index contributed by atoms with van der Waals surface area (Å²) in [4.78, 5) is 25.8. The first kappa shape index (κ1) is 18.3. The molecule has 0 aliphatic carbocycles. The van der Waals surface area contributed by atoms with Crippen LogP contribution in [0.3, 0.4) is 0 Å². The van der Waals surface area contributed by atoms with Crippen molar-refractivity contribution in [2.75, 3.05) is 18.4 Å². The molecule has 0 unspecified atom stereocenters. The standard InChI is InChI=1S/C17H21F3N2O2/c1-2-5-15(23)22-10-8-12(9-11-22)16(24)21-14-7-4-3-6-13(14)17(18,19)20/h3-4,6-7,12H,2,5,8-11H2,1H3,(H,21,24). The molecule has 1 aliphatic rings. The molecule has 1 N–H and O–H groups in total. The van der Waals surface area contributed by atoms with Crippen molar-refractivity contribution in [3.8, 4) is 0 Å². The predicted octanol–water partition coefficient (Wildman–Crippen LogP) is 3.68. The smallest absolute Gasteiger partial charge is 0.343 e. The SMILES string of the molecule is CCCC(=O)N1CCC(C(=O)Nc2ccccc2C(F)(F)F)CC1. The molecule has 132 valence electrons. The molecular weight excluding hydrogens is 321 g/mol. The molecular formula is C17H21F3N2O2. The number of piperidine rings is 1. The fraction of sp³-hybridized carbons (Fsp3) is 0.529. The van der Waals surface area contributed by atoms with Crippen LogP contribution in [0.5, 0.6) is 0 Å². The topological polar surface area (TPSA) is 49.4 Å². The van der Waals surface area contributed by atoms with Gasteiger partial charge in [-0.25, -0.2) is 0 Å². The number of benzene rings is 1. The lowest BCUT2D eigenvalue weighted by molar-refractivity contribution is -0.137. The summed E-state index contributed by atoms with van der Waals surface area (Å²) in [7, 11) is 0. The van der Waals surface area contributed by atoms with Crippen LogP contribution in [0, 0.1) is 5.92 Å². The van der Waals surface area contributed by atoms with E-state index in [1.165, 1.54) is 18.2 Å². The fourth-order valence-electron chi connectivity index (χ4n) is 2.84. The minimum atomic E-state index is -4.51. The van der Waals surface area contributed by atoms with E-state index in [1.54, 1.807) is 4.90 Å². The van der Waals surface area contributed by atoms with Crippen LogP contribution in [0.2, 0.25) is 0 Å². The van der Waals surface area contributed by atoms with Crippen molar-refractivity contribution in [1.29, 1.82) is 0 Å². The number of nitrogens with zero attached hydrogens (tertiary/aromatic N) is 1. The lowest BCUT2D eigenvalue weighted by Crippen LogP contribution is -2.41. The van der Waals surface area contributed by atoms with Crippen molar-refractivity contribution in [3.63, 3.8) is 0 Å². The number of hydrogen-bond acceptors (Lipinski definition) is 2. The third kappa shape index (κ3) is 4.49. The number of carbonyl (C=O) groups is 2. The Hall–Kier alpha value is -2.05. The normalized spacial score (nSPS) is 16.1. The number of halogens is 3. The lowest BCUT2D eigenvalue weighted by atomic mass is 9.95. The number of carbonyl (C=O) groups excluding carboxylic acids is 2. The quantitative estimate of drug-likeness (QED) is 0.907. The van der Waals surface area contributed by atoms with Crippen LogP contribution in [0.1, 0.15) is 38.2 Å². The van der Waals surface area contributed by atoms with Crippen molar-refractivity contribution < 1.29 is 22.8 Å². The third-order valence-electron chi connectivity index (χ3n) is 4.17. The van der Waals surface area contributed by atoms with Gasteiger partial charge in [-0.2, -0.15) is 13.2 Å². The molecule has 1 fully saturated rings. The van der Waals surface area contributed by atoms with Crippen molar-refractivity contribution >= 4 is 17.5 Å². The summed E-state index contributed by atoms with van der Waals surface area (Å²) in [5, 5.41) is 2.39. The molecule has 0 radical (unpaired) electrons. The minimum Gasteiger partial charge on any atom is -0.343 e. The van der Waals surface area contributed by atoms with Gasteiger partial charge in [0.1, 0.15) is 0 Å². The second-order valence-electron chi connectivity index (χ2n) is 5.94. The van der Waals surface area contributed by atoms with Gasteiger partial charge in [0.05, 0.1) is 11.3 Å². The number of likely N-dealkylation sites (tertiary alicyclic amines) is 1. The summed E-state index contributed by atoms with van der Waals surface area (Å²) in [6.07, 6.45) is -2.33. The van der Waals surface area contributed by atoms with Gasteiger partial charge in [0.2, 0.25) is 11.8 Å². The molecule has 7 heteroatoms. The van der Waals surface area contributed by atoms with Gasteiger partial charge in [0.25, 0.3) is 0 Å². The van der Waals surface area contributed by atoms with E-state index in [-0.39, 0.29) is 17.5 Å².